The van der Waals surface area contributed by atoms with E-state index in [1.54, 1.807) is 23.9 Å². The zero-order valence-electron chi connectivity index (χ0n) is 25.8. The molecule has 2 unspecified atom stereocenters. The molecule has 1 saturated heterocycles. The van der Waals surface area contributed by atoms with Crippen LogP contribution < -0.4 is 5.32 Å². The number of urea groups is 1. The smallest absolute Gasteiger partial charge is 0.317 e. The number of hydrogen-bond acceptors (Lipinski definition) is 3. The zero-order valence-corrected chi connectivity index (χ0v) is 25.8. The molecule has 0 aliphatic carbocycles. The van der Waals surface area contributed by atoms with Gasteiger partial charge in [-0.2, -0.15) is 0 Å². The first kappa shape index (κ1) is 32.2. The van der Waals surface area contributed by atoms with Crippen molar-refractivity contribution in [3.8, 4) is 11.1 Å². The highest BCUT2D eigenvalue weighted by Gasteiger charge is 2.41. The molecule has 2 atom stereocenters. The lowest BCUT2D eigenvalue weighted by Crippen LogP contribution is -2.63. The second kappa shape index (κ2) is 16.2. The van der Waals surface area contributed by atoms with E-state index in [4.69, 9.17) is 0 Å². The third kappa shape index (κ3) is 8.82. The van der Waals surface area contributed by atoms with Gasteiger partial charge in [-0.15, -0.1) is 0 Å². The highest BCUT2D eigenvalue weighted by atomic mass is 16.2. The standard InChI is InChI=1S/C34H50N4O3/c1-6-8-10-11-12-13-22-38-26(3)32(39)36(5)31(33(38)40)24-27-17-19-29(20-18-27)30-16-14-15-28(23-30)25-37(21-9-7-2)34(41)35-4/h14-20,23,26,31H,6-13,21-22,24-25H2,1-5H3,(H,35,41). The van der Waals surface area contributed by atoms with E-state index >= 15 is 0 Å². The van der Waals surface area contributed by atoms with Crippen molar-refractivity contribution in [1.82, 2.24) is 20.0 Å². The number of amides is 4. The van der Waals surface area contributed by atoms with Gasteiger partial charge in [-0.1, -0.05) is 94.8 Å². The van der Waals surface area contributed by atoms with Crippen molar-refractivity contribution in [1.29, 1.82) is 0 Å². The van der Waals surface area contributed by atoms with Crippen LogP contribution in [0.15, 0.2) is 48.5 Å². The summed E-state index contributed by atoms with van der Waals surface area (Å²) in [5, 5.41) is 2.75. The maximum absolute atomic E-state index is 13.5. The number of carbonyl (C=O) groups excluding carboxylic acids is 3. The largest absolute Gasteiger partial charge is 0.341 e. The number of piperazine rings is 1. The minimum atomic E-state index is -0.480. The second-order valence-electron chi connectivity index (χ2n) is 11.4. The lowest BCUT2D eigenvalue weighted by molar-refractivity contribution is -0.159. The Morgan fingerprint density at radius 2 is 1.54 bits per heavy atom. The second-order valence-corrected chi connectivity index (χ2v) is 11.4. The average molecular weight is 563 g/mol. The summed E-state index contributed by atoms with van der Waals surface area (Å²) in [6.07, 6.45) is 9.42. The van der Waals surface area contributed by atoms with Crippen LogP contribution in [0.3, 0.4) is 0 Å². The molecule has 7 nitrogen and oxygen atoms in total. The number of nitrogens with one attached hydrogen (secondary N) is 1. The van der Waals surface area contributed by atoms with Gasteiger partial charge in [0.25, 0.3) is 0 Å². The molecule has 7 heteroatoms. The molecule has 0 bridgehead atoms. The van der Waals surface area contributed by atoms with Crippen LogP contribution >= 0.6 is 0 Å². The predicted molar refractivity (Wildman–Crippen MR) is 166 cm³/mol. The van der Waals surface area contributed by atoms with Gasteiger partial charge in [-0.05, 0) is 48.1 Å². The van der Waals surface area contributed by atoms with Gasteiger partial charge in [0, 0.05) is 40.2 Å². The van der Waals surface area contributed by atoms with E-state index in [0.717, 1.165) is 54.5 Å². The summed E-state index contributed by atoms with van der Waals surface area (Å²) < 4.78 is 0. The van der Waals surface area contributed by atoms with E-state index in [2.05, 4.69) is 61.6 Å². The Hall–Kier alpha value is -3.35. The third-order valence-electron chi connectivity index (χ3n) is 8.26. The van der Waals surface area contributed by atoms with Crippen LogP contribution in [0, 0.1) is 0 Å². The number of likely N-dealkylation sites (N-methyl/N-ethyl adjacent to an activating group) is 1. The highest BCUT2D eigenvalue weighted by Crippen LogP contribution is 2.25. The van der Waals surface area contributed by atoms with Crippen molar-refractivity contribution in [2.75, 3.05) is 27.2 Å². The fourth-order valence-corrected chi connectivity index (χ4v) is 5.61. The van der Waals surface area contributed by atoms with Crippen molar-refractivity contribution >= 4 is 17.8 Å². The molecule has 4 amide bonds. The first-order valence-electron chi connectivity index (χ1n) is 15.5. The lowest BCUT2D eigenvalue weighted by Gasteiger charge is -2.42. The molecule has 2 aromatic rings. The number of unbranched alkanes of at least 4 members (excludes halogenated alkanes) is 6. The van der Waals surface area contributed by atoms with Gasteiger partial charge in [0.05, 0.1) is 0 Å². The molecule has 0 radical (unpaired) electrons. The molecule has 1 aliphatic rings. The van der Waals surface area contributed by atoms with E-state index in [1.165, 1.54) is 25.7 Å². The summed E-state index contributed by atoms with van der Waals surface area (Å²) in [4.78, 5) is 44.2. The van der Waals surface area contributed by atoms with Gasteiger partial charge in [0.15, 0.2) is 0 Å². The number of rotatable bonds is 15. The monoisotopic (exact) mass is 562 g/mol. The molecule has 3 rings (SSSR count). The molecule has 0 aromatic heterocycles. The van der Waals surface area contributed by atoms with Crippen LogP contribution in [0.4, 0.5) is 4.79 Å². The Labute approximate surface area is 247 Å². The van der Waals surface area contributed by atoms with Crippen LogP contribution in [-0.2, 0) is 22.6 Å². The molecule has 0 saturated carbocycles. The van der Waals surface area contributed by atoms with Crippen LogP contribution in [-0.4, -0.2) is 71.8 Å². The van der Waals surface area contributed by atoms with Crippen LogP contribution in [0.2, 0.25) is 0 Å². The Bertz CT molecular complexity index is 1130. The summed E-state index contributed by atoms with van der Waals surface area (Å²) in [5.74, 6) is 0.0624. The molecule has 1 N–H and O–H groups in total. The maximum atomic E-state index is 13.5. The fourth-order valence-electron chi connectivity index (χ4n) is 5.61. The summed E-state index contributed by atoms with van der Waals surface area (Å²) in [6, 6.07) is 15.6. The van der Waals surface area contributed by atoms with E-state index in [1.807, 2.05) is 17.9 Å². The van der Waals surface area contributed by atoms with Crippen LogP contribution in [0.1, 0.15) is 83.3 Å². The lowest BCUT2D eigenvalue weighted by atomic mass is 9.96. The first-order valence-corrected chi connectivity index (χ1v) is 15.5. The Morgan fingerprint density at radius 1 is 0.854 bits per heavy atom. The number of nitrogens with zero attached hydrogens (tertiary/aromatic N) is 3. The summed E-state index contributed by atoms with van der Waals surface area (Å²) in [7, 11) is 3.42. The van der Waals surface area contributed by atoms with Crippen molar-refractivity contribution in [3.63, 3.8) is 0 Å². The third-order valence-corrected chi connectivity index (χ3v) is 8.26. The van der Waals surface area contributed by atoms with Gasteiger partial charge < -0.3 is 20.0 Å². The molecule has 224 valence electrons. The number of benzene rings is 2. The molecule has 1 fully saturated rings. The summed E-state index contributed by atoms with van der Waals surface area (Å²) in [5.41, 5.74) is 4.27. The highest BCUT2D eigenvalue weighted by molar-refractivity contribution is 5.96. The molecule has 41 heavy (non-hydrogen) atoms. The Kier molecular flexibility index (Phi) is 12.7. The molecule has 1 aliphatic heterocycles. The van der Waals surface area contributed by atoms with Crippen molar-refractivity contribution in [2.24, 2.45) is 0 Å². The topological polar surface area (TPSA) is 73.0 Å². The maximum Gasteiger partial charge on any atom is 0.317 e. The van der Waals surface area contributed by atoms with Gasteiger partial charge in [0.1, 0.15) is 12.1 Å². The van der Waals surface area contributed by atoms with Gasteiger partial charge in [-0.3, -0.25) is 9.59 Å². The fraction of sp³-hybridized carbons (Fsp3) is 0.559. The van der Waals surface area contributed by atoms with Crippen LogP contribution in [0.5, 0.6) is 0 Å². The van der Waals surface area contributed by atoms with Crippen molar-refractivity contribution < 1.29 is 14.4 Å². The molecule has 2 aromatic carbocycles. The molecule has 0 spiro atoms. The minimum Gasteiger partial charge on any atom is -0.341 e. The summed E-state index contributed by atoms with van der Waals surface area (Å²) in [6.45, 7) is 8.11. The van der Waals surface area contributed by atoms with E-state index in [0.29, 0.717) is 19.5 Å². The predicted octanol–water partition coefficient (Wildman–Crippen LogP) is 6.26. The van der Waals surface area contributed by atoms with Crippen molar-refractivity contribution in [3.05, 3.63) is 59.7 Å². The number of carbonyl (C=O) groups is 3. The zero-order chi connectivity index (χ0) is 29.8. The van der Waals surface area contributed by atoms with E-state index < -0.39 is 12.1 Å². The Balaban J connectivity index is 1.66. The van der Waals surface area contributed by atoms with Gasteiger partial charge in [-0.25, -0.2) is 4.79 Å². The van der Waals surface area contributed by atoms with E-state index in [9.17, 15) is 14.4 Å². The van der Waals surface area contributed by atoms with Crippen LogP contribution in [0.25, 0.3) is 11.1 Å². The quantitative estimate of drug-likeness (QED) is 0.261. The van der Waals surface area contributed by atoms with Gasteiger partial charge >= 0.3 is 6.03 Å². The minimum absolute atomic E-state index is 0.0127. The van der Waals surface area contributed by atoms with E-state index in [-0.39, 0.29) is 17.8 Å². The number of hydrogen-bond donors (Lipinski definition) is 1. The SMILES string of the molecule is CCCCCCCCN1C(=O)C(Cc2ccc(-c3cccc(CN(CCCC)C(=O)NC)c3)cc2)N(C)C(=O)C1C. The molecular formula is C34H50N4O3. The average Bonchev–Trinajstić information content (AvgIpc) is 2.99. The normalized spacial score (nSPS) is 17.2. The Morgan fingerprint density at radius 3 is 2.22 bits per heavy atom. The molecular weight excluding hydrogens is 512 g/mol. The van der Waals surface area contributed by atoms with Crippen molar-refractivity contribution in [2.45, 2.75) is 97.2 Å². The first-order chi connectivity index (χ1) is 19.8. The summed E-state index contributed by atoms with van der Waals surface area (Å²) >= 11 is 0. The van der Waals surface area contributed by atoms with Gasteiger partial charge in [0.2, 0.25) is 11.8 Å². The molecule has 1 heterocycles.